The van der Waals surface area contributed by atoms with E-state index >= 15 is 0 Å². The number of benzene rings is 1. The van der Waals surface area contributed by atoms with Crippen molar-refractivity contribution in [2.45, 2.75) is 31.3 Å². The minimum Gasteiger partial charge on any atom is -0.384 e. The fourth-order valence-corrected chi connectivity index (χ4v) is 3.58. The maximum atomic E-state index is 12.1. The molecule has 7 heteroatoms. The van der Waals surface area contributed by atoms with Gasteiger partial charge >= 0.3 is 0 Å². The van der Waals surface area contributed by atoms with E-state index in [9.17, 15) is 4.79 Å². The third-order valence-corrected chi connectivity index (χ3v) is 4.91. The molecule has 2 aromatic rings. The fraction of sp³-hybridized carbons (Fsp3) is 0.389. The van der Waals surface area contributed by atoms with E-state index in [0.29, 0.717) is 11.0 Å². The third-order valence-electron chi connectivity index (χ3n) is 4.06. The van der Waals surface area contributed by atoms with Crippen LogP contribution in [0.25, 0.3) is 0 Å². The summed E-state index contributed by atoms with van der Waals surface area (Å²) in [5.41, 5.74) is 8.51. The van der Waals surface area contributed by atoms with E-state index in [4.69, 9.17) is 5.73 Å². The van der Waals surface area contributed by atoms with Crippen LogP contribution in [0.2, 0.25) is 0 Å². The van der Waals surface area contributed by atoms with Gasteiger partial charge < -0.3 is 16.0 Å². The number of amides is 1. The molecule has 0 aliphatic carbocycles. The molecular weight excluding hydrogens is 334 g/mol. The van der Waals surface area contributed by atoms with Crippen LogP contribution in [0.4, 0.5) is 17.2 Å². The normalized spacial score (nSPS) is 14.4. The molecule has 0 atom stereocenters. The molecule has 132 valence electrons. The summed E-state index contributed by atoms with van der Waals surface area (Å²) in [6.07, 6.45) is 3.82. The van der Waals surface area contributed by atoms with Crippen molar-refractivity contribution in [2.75, 3.05) is 34.8 Å². The molecule has 1 aliphatic rings. The van der Waals surface area contributed by atoms with Crippen molar-refractivity contribution in [1.29, 1.82) is 0 Å². The van der Waals surface area contributed by atoms with E-state index in [1.165, 1.54) is 36.7 Å². The Morgan fingerprint density at radius 2 is 1.92 bits per heavy atom. The Hall–Kier alpha value is -2.28. The van der Waals surface area contributed by atoms with Gasteiger partial charge in [-0.15, -0.1) is 0 Å². The van der Waals surface area contributed by atoms with Crippen LogP contribution in [0.3, 0.4) is 0 Å². The summed E-state index contributed by atoms with van der Waals surface area (Å²) >= 11 is 1.28. The van der Waals surface area contributed by atoms with Crippen LogP contribution in [0, 0.1) is 6.92 Å². The van der Waals surface area contributed by atoms with Crippen LogP contribution in [-0.2, 0) is 4.79 Å². The first-order valence-corrected chi connectivity index (χ1v) is 9.47. The third kappa shape index (κ3) is 5.09. The highest BCUT2D eigenvalue weighted by molar-refractivity contribution is 7.99. The summed E-state index contributed by atoms with van der Waals surface area (Å²) in [7, 11) is 0. The Morgan fingerprint density at radius 3 is 2.60 bits per heavy atom. The molecule has 2 heterocycles. The predicted molar refractivity (Wildman–Crippen MR) is 103 cm³/mol. The monoisotopic (exact) mass is 357 g/mol. The van der Waals surface area contributed by atoms with Gasteiger partial charge in [0.25, 0.3) is 0 Å². The first-order chi connectivity index (χ1) is 12.1. The van der Waals surface area contributed by atoms with Gasteiger partial charge in [-0.25, -0.2) is 9.97 Å². The number of hydrogen-bond acceptors (Lipinski definition) is 6. The van der Waals surface area contributed by atoms with Gasteiger partial charge in [0, 0.05) is 36.2 Å². The fourth-order valence-electron chi connectivity index (χ4n) is 2.86. The van der Waals surface area contributed by atoms with Crippen LogP contribution in [0.5, 0.6) is 0 Å². The summed E-state index contributed by atoms with van der Waals surface area (Å²) in [4.78, 5) is 22.9. The average molecular weight is 357 g/mol. The number of carbonyl (C=O) groups excluding carboxylic acids is 1. The van der Waals surface area contributed by atoms with Crippen molar-refractivity contribution < 1.29 is 4.79 Å². The van der Waals surface area contributed by atoms with E-state index < -0.39 is 0 Å². The molecule has 0 bridgehead atoms. The highest BCUT2D eigenvalue weighted by Gasteiger charge is 2.11. The number of nitrogens with one attached hydrogen (secondary N) is 1. The van der Waals surface area contributed by atoms with Gasteiger partial charge in [-0.05, 0) is 50.5 Å². The number of aryl methyl sites for hydroxylation is 1. The molecule has 1 fully saturated rings. The first-order valence-electron chi connectivity index (χ1n) is 8.49. The van der Waals surface area contributed by atoms with Gasteiger partial charge in [0.05, 0.1) is 5.75 Å². The second-order valence-electron chi connectivity index (χ2n) is 6.15. The van der Waals surface area contributed by atoms with Crippen molar-refractivity contribution in [2.24, 2.45) is 0 Å². The molecule has 6 nitrogen and oxygen atoms in total. The largest absolute Gasteiger partial charge is 0.384 e. The van der Waals surface area contributed by atoms with Crippen LogP contribution in [0.1, 0.15) is 25.0 Å². The SMILES string of the molecule is Cc1cc(N)nc(SCC(=O)Nc2ccc(N3CCCCC3)cc2)n1. The maximum absolute atomic E-state index is 12.1. The maximum Gasteiger partial charge on any atom is 0.234 e. The summed E-state index contributed by atoms with van der Waals surface area (Å²) < 4.78 is 0. The molecule has 0 spiro atoms. The summed E-state index contributed by atoms with van der Waals surface area (Å²) in [6, 6.07) is 9.74. The number of hydrogen-bond donors (Lipinski definition) is 2. The van der Waals surface area contributed by atoms with Gasteiger partial charge in [-0.2, -0.15) is 0 Å². The second kappa shape index (κ2) is 8.20. The first kappa shape index (κ1) is 17.5. The van der Waals surface area contributed by atoms with Crippen molar-refractivity contribution in [3.63, 3.8) is 0 Å². The van der Waals surface area contributed by atoms with Crippen molar-refractivity contribution in [3.05, 3.63) is 36.0 Å². The predicted octanol–water partition coefficient (Wildman–Crippen LogP) is 3.09. The lowest BCUT2D eigenvalue weighted by Crippen LogP contribution is -2.29. The van der Waals surface area contributed by atoms with Gasteiger partial charge in [0.2, 0.25) is 5.91 Å². The van der Waals surface area contributed by atoms with Crippen molar-refractivity contribution in [1.82, 2.24) is 9.97 Å². The van der Waals surface area contributed by atoms with Gasteiger partial charge in [0.15, 0.2) is 5.16 Å². The molecule has 25 heavy (non-hydrogen) atoms. The highest BCUT2D eigenvalue weighted by Crippen LogP contribution is 2.22. The zero-order chi connectivity index (χ0) is 17.6. The molecule has 1 amide bonds. The molecule has 1 aromatic heterocycles. The van der Waals surface area contributed by atoms with Crippen LogP contribution >= 0.6 is 11.8 Å². The average Bonchev–Trinajstić information content (AvgIpc) is 2.61. The number of nitrogens with zero attached hydrogens (tertiary/aromatic N) is 3. The van der Waals surface area contributed by atoms with Crippen LogP contribution < -0.4 is 16.0 Å². The highest BCUT2D eigenvalue weighted by atomic mass is 32.2. The minimum absolute atomic E-state index is 0.0839. The van der Waals surface area contributed by atoms with Crippen LogP contribution in [0.15, 0.2) is 35.5 Å². The Balaban J connectivity index is 1.52. The molecule has 3 N–H and O–H groups in total. The topological polar surface area (TPSA) is 84.1 Å². The molecule has 1 saturated heterocycles. The lowest BCUT2D eigenvalue weighted by atomic mass is 10.1. The molecule has 0 saturated carbocycles. The Morgan fingerprint density at radius 1 is 1.20 bits per heavy atom. The summed E-state index contributed by atoms with van der Waals surface area (Å²) in [6.45, 7) is 4.08. The molecule has 0 radical (unpaired) electrons. The van der Waals surface area contributed by atoms with Crippen molar-refractivity contribution in [3.8, 4) is 0 Å². The number of thioether (sulfide) groups is 1. The number of aromatic nitrogens is 2. The number of carbonyl (C=O) groups is 1. The standard InChI is InChI=1S/C18H23N5OS/c1-13-11-16(19)22-18(20-13)25-12-17(24)21-14-5-7-15(8-6-14)23-9-3-2-4-10-23/h5-8,11H,2-4,9-10,12H2,1H3,(H,21,24)(H2,19,20,22). The second-order valence-corrected chi connectivity index (χ2v) is 7.09. The molecule has 3 rings (SSSR count). The van der Waals surface area contributed by atoms with E-state index in [1.54, 1.807) is 6.07 Å². The quantitative estimate of drug-likeness (QED) is 0.632. The zero-order valence-corrected chi connectivity index (χ0v) is 15.2. The molecular formula is C18H23N5OS. The van der Waals surface area contributed by atoms with Crippen LogP contribution in [-0.4, -0.2) is 34.7 Å². The van der Waals surface area contributed by atoms with Gasteiger partial charge in [0.1, 0.15) is 5.82 Å². The number of nitrogens with two attached hydrogens (primary N) is 1. The molecule has 1 aromatic carbocycles. The number of nitrogen functional groups attached to an aromatic ring is 1. The molecule has 0 unspecified atom stereocenters. The smallest absolute Gasteiger partial charge is 0.234 e. The van der Waals surface area contributed by atoms with E-state index in [0.717, 1.165) is 24.5 Å². The minimum atomic E-state index is -0.0839. The number of anilines is 3. The number of piperidine rings is 1. The molecule has 1 aliphatic heterocycles. The van der Waals surface area contributed by atoms with Crippen molar-refractivity contribution >= 4 is 34.9 Å². The van der Waals surface area contributed by atoms with E-state index in [1.807, 2.05) is 19.1 Å². The Kier molecular flexibility index (Phi) is 5.75. The lowest BCUT2D eigenvalue weighted by Gasteiger charge is -2.28. The van der Waals surface area contributed by atoms with Gasteiger partial charge in [-0.1, -0.05) is 11.8 Å². The Bertz CT molecular complexity index is 708. The van der Waals surface area contributed by atoms with E-state index in [2.05, 4.69) is 32.3 Å². The summed E-state index contributed by atoms with van der Waals surface area (Å²) in [5, 5.41) is 3.43. The Labute approximate surface area is 152 Å². The lowest BCUT2D eigenvalue weighted by molar-refractivity contribution is -0.113. The zero-order valence-electron chi connectivity index (χ0n) is 14.4. The number of rotatable bonds is 5. The van der Waals surface area contributed by atoms with Gasteiger partial charge in [-0.3, -0.25) is 4.79 Å². The summed E-state index contributed by atoms with van der Waals surface area (Å²) in [5.74, 6) is 0.583. The van der Waals surface area contributed by atoms with E-state index in [-0.39, 0.29) is 11.7 Å².